The Morgan fingerprint density at radius 1 is 1.00 bits per heavy atom. The third-order valence-corrected chi connectivity index (χ3v) is 0. The van der Waals surface area contributed by atoms with Gasteiger partial charge in [-0.3, -0.25) is 0 Å². The molecule has 2 radical (unpaired) electrons. The maximum absolute atomic E-state index is 0. The number of hydrogen-bond acceptors (Lipinski definition) is 0. The van der Waals surface area contributed by atoms with Crippen LogP contribution in [0.4, 0.5) is 0 Å². The molecule has 0 atom stereocenters. The summed E-state index contributed by atoms with van der Waals surface area (Å²) in [7, 11) is 0. The fourth-order valence-corrected chi connectivity index (χ4v) is 0. The molecule has 0 aromatic heterocycles. The van der Waals surface area contributed by atoms with Crippen molar-refractivity contribution in [3.8, 4) is 0 Å². The van der Waals surface area contributed by atoms with Crippen molar-refractivity contribution >= 4 is 51.4 Å². The molecule has 5 heteroatoms. The standard InChI is InChI=1S/Co.K.Mn.Ni.H2O.H/h;;;;1H2;. The smallest absolute Gasteiger partial charge is 0 e. The average Bonchev–Trinajstić information content (AvgIpc) is 0. The Balaban J connectivity index is 0. The molecule has 36 valence electrons. The maximum atomic E-state index is 0. The Morgan fingerprint density at radius 3 is 1.00 bits per heavy atom. The van der Waals surface area contributed by atoms with Gasteiger partial charge in [0.25, 0.3) is 0 Å². The summed E-state index contributed by atoms with van der Waals surface area (Å²) in [4.78, 5) is 0. The normalized spacial score (nSPS) is 0. The fraction of sp³-hybridized carbons (Fsp3) is 0. The van der Waals surface area contributed by atoms with Crippen molar-refractivity contribution in [2.45, 2.75) is 0 Å². The van der Waals surface area contributed by atoms with E-state index in [0.717, 1.165) is 0 Å². The summed E-state index contributed by atoms with van der Waals surface area (Å²) in [5, 5.41) is 0. The van der Waals surface area contributed by atoms with Crippen molar-refractivity contribution in [1.29, 1.82) is 0 Å². The Labute approximate surface area is 105 Å². The molecule has 1 nitrogen and oxygen atoms in total. The molecule has 0 aromatic rings. The van der Waals surface area contributed by atoms with Crippen LogP contribution in [-0.4, -0.2) is 56.9 Å². The first-order valence-electron chi connectivity index (χ1n) is 0. The molecule has 0 aliphatic rings. The zero-order chi connectivity index (χ0) is 0. The summed E-state index contributed by atoms with van der Waals surface area (Å²) in [6, 6.07) is 0. The summed E-state index contributed by atoms with van der Waals surface area (Å²) < 4.78 is 0. The Kier molecular flexibility index (Phi) is 232. The summed E-state index contributed by atoms with van der Waals surface area (Å²) >= 11 is 0. The van der Waals surface area contributed by atoms with Crippen LogP contribution in [0.3, 0.4) is 0 Å². The van der Waals surface area contributed by atoms with E-state index in [4.69, 9.17) is 0 Å². The molecule has 5 heavy (non-hydrogen) atoms. The zero-order valence-corrected chi connectivity index (χ0v) is 4.74. The van der Waals surface area contributed by atoms with E-state index in [1.54, 1.807) is 0 Å². The van der Waals surface area contributed by atoms with E-state index in [9.17, 15) is 0 Å². The van der Waals surface area contributed by atoms with Gasteiger partial charge in [0.05, 0.1) is 0 Å². The first-order valence-corrected chi connectivity index (χ1v) is 0. The second kappa shape index (κ2) is 27.4. The van der Waals surface area contributed by atoms with Crippen LogP contribution in [0.15, 0.2) is 0 Å². The minimum atomic E-state index is 0. The molecule has 0 aliphatic carbocycles. The molecule has 0 heterocycles. The van der Waals surface area contributed by atoms with Crippen LogP contribution in [0, 0.1) is 0 Å². The van der Waals surface area contributed by atoms with Crippen molar-refractivity contribution in [3.63, 3.8) is 0 Å². The number of hydrogen-bond donors (Lipinski definition) is 0. The van der Waals surface area contributed by atoms with Crippen LogP contribution in [0.5, 0.6) is 0 Å². The third kappa shape index (κ3) is 19.2. The summed E-state index contributed by atoms with van der Waals surface area (Å²) in [6.45, 7) is 0. The van der Waals surface area contributed by atoms with Crippen LogP contribution in [0.1, 0.15) is 0 Å². The van der Waals surface area contributed by atoms with Crippen molar-refractivity contribution in [1.82, 2.24) is 0 Å². The molecule has 0 rings (SSSR count). The van der Waals surface area contributed by atoms with Gasteiger partial charge in [-0.2, -0.15) is 0 Å². The summed E-state index contributed by atoms with van der Waals surface area (Å²) in [5.74, 6) is 0. The first-order chi connectivity index (χ1) is 0. The number of rotatable bonds is 0. The Morgan fingerprint density at radius 2 is 1.00 bits per heavy atom. The van der Waals surface area contributed by atoms with Crippen LogP contribution in [-0.2, 0) is 50.3 Å². The SMILES string of the molecule is O.[Co].[KH].[Mn].[Ni]. The van der Waals surface area contributed by atoms with Gasteiger partial charge in [-0.25, -0.2) is 0 Å². The summed E-state index contributed by atoms with van der Waals surface area (Å²) in [6.07, 6.45) is 0. The van der Waals surface area contributed by atoms with E-state index >= 15 is 0 Å². The van der Waals surface area contributed by atoms with Gasteiger partial charge in [-0.15, -0.1) is 0 Å². The molecular weight excluding hydrogens is 228 g/mol. The van der Waals surface area contributed by atoms with E-state index in [2.05, 4.69) is 0 Å². The average molecular weight is 231 g/mol. The van der Waals surface area contributed by atoms with Crippen LogP contribution >= 0.6 is 0 Å². The molecule has 0 aromatic carbocycles. The van der Waals surface area contributed by atoms with Crippen LogP contribution in [0.25, 0.3) is 0 Å². The molecule has 0 spiro atoms. The van der Waals surface area contributed by atoms with Gasteiger partial charge in [-0.1, -0.05) is 0 Å². The van der Waals surface area contributed by atoms with Crippen molar-refractivity contribution in [2.24, 2.45) is 0 Å². The van der Waals surface area contributed by atoms with Gasteiger partial charge in [0.15, 0.2) is 0 Å². The van der Waals surface area contributed by atoms with Gasteiger partial charge in [-0.05, 0) is 0 Å². The molecule has 0 unspecified atom stereocenters. The van der Waals surface area contributed by atoms with E-state index < -0.39 is 0 Å². The van der Waals surface area contributed by atoms with E-state index in [-0.39, 0.29) is 107 Å². The van der Waals surface area contributed by atoms with Crippen molar-refractivity contribution in [2.75, 3.05) is 0 Å². The monoisotopic (exact) mass is 230 g/mol. The Hall–Kier alpha value is 3.12. The van der Waals surface area contributed by atoms with E-state index in [1.165, 1.54) is 0 Å². The molecule has 2 N–H and O–H groups in total. The minimum absolute atomic E-state index is 0. The van der Waals surface area contributed by atoms with Gasteiger partial charge < -0.3 is 5.48 Å². The van der Waals surface area contributed by atoms with E-state index in [0.29, 0.717) is 0 Å². The second-order valence-corrected chi connectivity index (χ2v) is 0. The molecule has 0 saturated carbocycles. The molecular formula is H3CoKMnNiO. The third-order valence-electron chi connectivity index (χ3n) is 0. The quantitative estimate of drug-likeness (QED) is 0.455. The zero-order valence-electron chi connectivity index (χ0n) is 1.53. The largest absolute Gasteiger partial charge is 0 e. The Bertz CT molecular complexity index is 11.6. The second-order valence-electron chi connectivity index (χ2n) is 0. The van der Waals surface area contributed by atoms with Crippen molar-refractivity contribution < 1.29 is 55.8 Å². The summed E-state index contributed by atoms with van der Waals surface area (Å²) in [5.41, 5.74) is 0. The fourth-order valence-electron chi connectivity index (χ4n) is 0. The molecule has 0 fully saturated rings. The predicted octanol–water partition coefficient (Wildman–Crippen LogP) is -1.48. The molecule has 0 aliphatic heterocycles. The van der Waals surface area contributed by atoms with Gasteiger partial charge in [0.2, 0.25) is 0 Å². The van der Waals surface area contributed by atoms with E-state index in [1.807, 2.05) is 0 Å². The van der Waals surface area contributed by atoms with Gasteiger partial charge >= 0.3 is 51.4 Å². The topological polar surface area (TPSA) is 31.5 Å². The minimum Gasteiger partial charge on any atom is 0 e. The molecule has 0 bridgehead atoms. The van der Waals surface area contributed by atoms with Gasteiger partial charge in [0, 0.05) is 50.3 Å². The molecule has 0 saturated heterocycles. The molecule has 0 amide bonds. The van der Waals surface area contributed by atoms with Gasteiger partial charge in [0.1, 0.15) is 0 Å². The maximum Gasteiger partial charge on any atom is 0 e. The first kappa shape index (κ1) is 42.3. The van der Waals surface area contributed by atoms with Crippen molar-refractivity contribution in [3.05, 3.63) is 0 Å². The van der Waals surface area contributed by atoms with Crippen LogP contribution in [0.2, 0.25) is 0 Å². The van der Waals surface area contributed by atoms with Crippen LogP contribution < -0.4 is 0 Å². The predicted molar refractivity (Wildman–Crippen MR) is 10.8 cm³/mol.